The van der Waals surface area contributed by atoms with E-state index in [1.165, 1.54) is 31.4 Å². The SMILES string of the molecule is CC1(C)[C@H](O)CC[C@]2(C)[C@@H]3C[C@@H]4Nc5ccccc5[C@@H]4[C@@H]3CC[C@@H]12. The molecule has 7 atom stereocenters. The first kappa shape index (κ1) is 15.3. The fraction of sp³-hybridized carbons (Fsp3) is 0.727. The highest BCUT2D eigenvalue weighted by Crippen LogP contribution is 2.68. The van der Waals surface area contributed by atoms with Crippen LogP contribution in [0.25, 0.3) is 0 Å². The Morgan fingerprint density at radius 3 is 2.71 bits per heavy atom. The number of rotatable bonds is 0. The van der Waals surface area contributed by atoms with Crippen LogP contribution in [0.15, 0.2) is 24.3 Å². The van der Waals surface area contributed by atoms with Crippen molar-refractivity contribution in [1.29, 1.82) is 0 Å². The molecule has 0 bridgehead atoms. The van der Waals surface area contributed by atoms with Crippen molar-refractivity contribution in [1.82, 2.24) is 0 Å². The van der Waals surface area contributed by atoms with Crippen molar-refractivity contribution < 1.29 is 5.11 Å². The highest BCUT2D eigenvalue weighted by Gasteiger charge is 2.62. The Labute approximate surface area is 146 Å². The molecule has 3 saturated carbocycles. The lowest BCUT2D eigenvalue weighted by atomic mass is 9.46. The molecular formula is C22H31NO. The topological polar surface area (TPSA) is 32.3 Å². The number of benzene rings is 1. The summed E-state index contributed by atoms with van der Waals surface area (Å²) in [7, 11) is 0. The zero-order valence-electron chi connectivity index (χ0n) is 15.3. The highest BCUT2D eigenvalue weighted by atomic mass is 16.3. The Hall–Kier alpha value is -1.02. The second-order valence-electron chi connectivity index (χ2n) is 9.88. The first-order valence-corrected chi connectivity index (χ1v) is 9.96. The van der Waals surface area contributed by atoms with Crippen LogP contribution in [0.2, 0.25) is 0 Å². The quantitative estimate of drug-likeness (QED) is 0.718. The maximum absolute atomic E-state index is 10.6. The largest absolute Gasteiger partial charge is 0.393 e. The first-order chi connectivity index (χ1) is 11.4. The van der Waals surface area contributed by atoms with E-state index in [1.807, 2.05) is 0 Å². The summed E-state index contributed by atoms with van der Waals surface area (Å²) in [4.78, 5) is 0. The molecule has 1 aliphatic heterocycles. The van der Waals surface area contributed by atoms with Crippen LogP contribution < -0.4 is 5.32 Å². The molecule has 2 nitrogen and oxygen atoms in total. The average molecular weight is 325 g/mol. The van der Waals surface area contributed by atoms with E-state index in [0.29, 0.717) is 17.4 Å². The smallest absolute Gasteiger partial charge is 0.0594 e. The van der Waals surface area contributed by atoms with E-state index in [-0.39, 0.29) is 11.5 Å². The fourth-order valence-electron chi connectivity index (χ4n) is 7.58. The molecule has 2 heteroatoms. The van der Waals surface area contributed by atoms with Crippen LogP contribution in [-0.2, 0) is 0 Å². The molecule has 1 aromatic carbocycles. The van der Waals surface area contributed by atoms with Crippen molar-refractivity contribution >= 4 is 5.69 Å². The summed E-state index contributed by atoms with van der Waals surface area (Å²) in [5.41, 5.74) is 3.44. The first-order valence-electron chi connectivity index (χ1n) is 9.96. The molecule has 0 spiro atoms. The molecule has 3 aliphatic carbocycles. The summed E-state index contributed by atoms with van der Waals surface area (Å²) in [5, 5.41) is 14.5. The van der Waals surface area contributed by atoms with Gasteiger partial charge in [-0.1, -0.05) is 39.0 Å². The van der Waals surface area contributed by atoms with E-state index in [1.54, 1.807) is 5.56 Å². The van der Waals surface area contributed by atoms with E-state index >= 15 is 0 Å². The lowest BCUT2D eigenvalue weighted by Crippen LogP contribution is -2.55. The fourth-order valence-corrected chi connectivity index (χ4v) is 7.58. The lowest BCUT2D eigenvalue weighted by molar-refractivity contribution is -0.145. The summed E-state index contributed by atoms with van der Waals surface area (Å²) in [6.45, 7) is 7.21. The predicted octanol–water partition coefficient (Wildman–Crippen LogP) is 4.80. The summed E-state index contributed by atoms with van der Waals surface area (Å²) in [5.74, 6) is 3.04. The summed E-state index contributed by atoms with van der Waals surface area (Å²) in [6.07, 6.45) is 6.05. The van der Waals surface area contributed by atoms with Crippen LogP contribution in [-0.4, -0.2) is 17.3 Å². The normalized spacial score (nSPS) is 48.0. The molecule has 0 aromatic heterocycles. The Morgan fingerprint density at radius 1 is 1.08 bits per heavy atom. The Kier molecular flexibility index (Phi) is 3.04. The number of aliphatic hydroxyl groups excluding tert-OH is 1. The van der Waals surface area contributed by atoms with Crippen LogP contribution >= 0.6 is 0 Å². The molecule has 5 rings (SSSR count). The predicted molar refractivity (Wildman–Crippen MR) is 98.0 cm³/mol. The van der Waals surface area contributed by atoms with Gasteiger partial charge in [-0.25, -0.2) is 0 Å². The molecule has 1 heterocycles. The van der Waals surface area contributed by atoms with E-state index in [2.05, 4.69) is 50.4 Å². The minimum atomic E-state index is -0.119. The van der Waals surface area contributed by atoms with Crippen molar-refractivity contribution in [2.24, 2.45) is 28.6 Å². The maximum Gasteiger partial charge on any atom is 0.0594 e. The molecule has 130 valence electrons. The monoisotopic (exact) mass is 325 g/mol. The second kappa shape index (κ2) is 4.78. The second-order valence-corrected chi connectivity index (χ2v) is 9.88. The van der Waals surface area contributed by atoms with Crippen molar-refractivity contribution in [3.05, 3.63) is 29.8 Å². The van der Waals surface area contributed by atoms with Gasteiger partial charge >= 0.3 is 0 Å². The average Bonchev–Trinajstić information content (AvgIpc) is 3.08. The molecule has 0 amide bonds. The van der Waals surface area contributed by atoms with Crippen molar-refractivity contribution in [3.8, 4) is 0 Å². The summed E-state index contributed by atoms with van der Waals surface area (Å²) in [6, 6.07) is 9.63. The summed E-state index contributed by atoms with van der Waals surface area (Å²) < 4.78 is 0. The number of aliphatic hydroxyl groups is 1. The van der Waals surface area contributed by atoms with Gasteiger partial charge in [0.15, 0.2) is 0 Å². The van der Waals surface area contributed by atoms with E-state index in [9.17, 15) is 5.11 Å². The van der Waals surface area contributed by atoms with Gasteiger partial charge < -0.3 is 10.4 Å². The number of hydrogen-bond acceptors (Lipinski definition) is 2. The van der Waals surface area contributed by atoms with Crippen LogP contribution in [0.1, 0.15) is 64.4 Å². The molecular weight excluding hydrogens is 294 g/mol. The van der Waals surface area contributed by atoms with Gasteiger partial charge in [0.25, 0.3) is 0 Å². The van der Waals surface area contributed by atoms with Gasteiger partial charge in [-0.15, -0.1) is 0 Å². The standard InChI is InChI=1S/C22H31NO/c1-21(2)18-9-8-13-15(22(18,3)11-10-19(21)24)12-17-20(13)14-6-4-5-7-16(14)23-17/h4-7,13,15,17-20,23-24H,8-12H2,1-3H3/t13-,15-,17+,18+,19-,20+,22-/m1/s1. The van der Waals surface area contributed by atoms with Gasteiger partial charge in [0, 0.05) is 17.6 Å². The molecule has 4 aliphatic rings. The molecule has 2 N–H and O–H groups in total. The van der Waals surface area contributed by atoms with E-state index in [0.717, 1.165) is 24.2 Å². The van der Waals surface area contributed by atoms with Gasteiger partial charge in [0.1, 0.15) is 0 Å². The Morgan fingerprint density at radius 2 is 1.88 bits per heavy atom. The molecule has 0 saturated heterocycles. The molecule has 24 heavy (non-hydrogen) atoms. The van der Waals surface area contributed by atoms with Gasteiger partial charge in [-0.2, -0.15) is 0 Å². The van der Waals surface area contributed by atoms with Gasteiger partial charge in [-0.3, -0.25) is 0 Å². The molecule has 3 fully saturated rings. The van der Waals surface area contributed by atoms with Crippen molar-refractivity contribution in [2.45, 2.75) is 70.9 Å². The minimum absolute atomic E-state index is 0.0704. The molecule has 0 unspecified atom stereocenters. The van der Waals surface area contributed by atoms with E-state index < -0.39 is 0 Å². The zero-order chi connectivity index (χ0) is 16.7. The van der Waals surface area contributed by atoms with Crippen LogP contribution in [0.5, 0.6) is 0 Å². The number of fused-ring (bicyclic) bond motifs is 7. The van der Waals surface area contributed by atoms with E-state index in [4.69, 9.17) is 0 Å². The third kappa shape index (κ3) is 1.76. The summed E-state index contributed by atoms with van der Waals surface area (Å²) >= 11 is 0. The number of anilines is 1. The van der Waals surface area contributed by atoms with Gasteiger partial charge in [0.2, 0.25) is 0 Å². The third-order valence-corrected chi connectivity index (χ3v) is 8.73. The van der Waals surface area contributed by atoms with Crippen molar-refractivity contribution in [3.63, 3.8) is 0 Å². The molecule has 0 radical (unpaired) electrons. The number of hydrogen-bond donors (Lipinski definition) is 2. The number of nitrogens with one attached hydrogen (secondary N) is 1. The Bertz CT molecular complexity index is 668. The van der Waals surface area contributed by atoms with Crippen LogP contribution in [0, 0.1) is 28.6 Å². The third-order valence-electron chi connectivity index (χ3n) is 8.73. The van der Waals surface area contributed by atoms with Crippen LogP contribution in [0.3, 0.4) is 0 Å². The Balaban J connectivity index is 1.52. The van der Waals surface area contributed by atoms with Gasteiger partial charge in [-0.05, 0) is 72.3 Å². The molecule has 1 aromatic rings. The maximum atomic E-state index is 10.6. The minimum Gasteiger partial charge on any atom is -0.393 e. The lowest BCUT2D eigenvalue weighted by Gasteiger charge is -2.60. The van der Waals surface area contributed by atoms with Gasteiger partial charge in [0.05, 0.1) is 6.10 Å². The zero-order valence-corrected chi connectivity index (χ0v) is 15.3. The number of para-hydroxylation sites is 1. The highest BCUT2D eigenvalue weighted by molar-refractivity contribution is 5.60. The van der Waals surface area contributed by atoms with Crippen molar-refractivity contribution in [2.75, 3.05) is 5.32 Å². The van der Waals surface area contributed by atoms with Crippen LogP contribution in [0.4, 0.5) is 5.69 Å².